The normalized spacial score (nSPS) is 31.9. The Labute approximate surface area is 95.2 Å². The lowest BCUT2D eigenvalue weighted by Crippen LogP contribution is -2.30. The van der Waals surface area contributed by atoms with Crippen molar-refractivity contribution in [1.82, 2.24) is 4.98 Å². The summed E-state index contributed by atoms with van der Waals surface area (Å²) < 4.78 is 5.79. The van der Waals surface area contributed by atoms with Crippen LogP contribution in [0.3, 0.4) is 0 Å². The number of anilines is 2. The molecule has 0 amide bonds. The first-order valence-electron chi connectivity index (χ1n) is 5.86. The molecule has 1 aromatic heterocycles. The van der Waals surface area contributed by atoms with Crippen LogP contribution in [0.5, 0.6) is 0 Å². The molecule has 3 unspecified atom stereocenters. The van der Waals surface area contributed by atoms with Crippen LogP contribution < -0.4 is 11.1 Å². The molecule has 2 aliphatic rings. The van der Waals surface area contributed by atoms with Crippen molar-refractivity contribution in [2.45, 2.75) is 44.4 Å². The van der Waals surface area contributed by atoms with Gasteiger partial charge in [-0.1, -0.05) is 0 Å². The van der Waals surface area contributed by atoms with Crippen molar-refractivity contribution < 1.29 is 4.74 Å². The van der Waals surface area contributed by atoms with Gasteiger partial charge in [-0.3, -0.25) is 0 Å². The Hall–Kier alpha value is -1.29. The molecule has 0 radical (unpaired) electrons. The molecule has 4 nitrogen and oxygen atoms in total. The number of nitrogens with zero attached hydrogens (tertiary/aromatic N) is 1. The van der Waals surface area contributed by atoms with Crippen LogP contribution in [0.25, 0.3) is 0 Å². The van der Waals surface area contributed by atoms with E-state index in [1.807, 2.05) is 19.2 Å². The van der Waals surface area contributed by atoms with Crippen molar-refractivity contribution in [3.8, 4) is 0 Å². The predicted octanol–water partition coefficient (Wildman–Crippen LogP) is 1.70. The van der Waals surface area contributed by atoms with Gasteiger partial charge in [0.25, 0.3) is 0 Å². The first-order valence-corrected chi connectivity index (χ1v) is 5.86. The van der Waals surface area contributed by atoms with E-state index in [4.69, 9.17) is 10.5 Å². The summed E-state index contributed by atoms with van der Waals surface area (Å²) in [5, 5.41) is 3.42. The van der Waals surface area contributed by atoms with E-state index in [0.29, 0.717) is 18.2 Å². The van der Waals surface area contributed by atoms with E-state index < -0.39 is 0 Å². The van der Waals surface area contributed by atoms with E-state index in [0.717, 1.165) is 23.5 Å². The zero-order valence-electron chi connectivity index (χ0n) is 9.44. The highest BCUT2D eigenvalue weighted by Crippen LogP contribution is 2.35. The van der Waals surface area contributed by atoms with E-state index in [1.54, 1.807) is 0 Å². The molecule has 2 aliphatic heterocycles. The molecule has 3 rings (SSSR count). The third-order valence-electron chi connectivity index (χ3n) is 3.58. The van der Waals surface area contributed by atoms with Crippen LogP contribution in [0.15, 0.2) is 12.3 Å². The number of hydrogen-bond acceptors (Lipinski definition) is 4. The average molecular weight is 219 g/mol. The van der Waals surface area contributed by atoms with Gasteiger partial charge in [-0.2, -0.15) is 0 Å². The fourth-order valence-corrected chi connectivity index (χ4v) is 2.60. The molecule has 0 saturated carbocycles. The zero-order chi connectivity index (χ0) is 11.1. The number of rotatable bonds is 2. The number of aromatic nitrogens is 1. The molecule has 2 saturated heterocycles. The lowest BCUT2D eigenvalue weighted by molar-refractivity contribution is 0.102. The number of aryl methyl sites for hydroxylation is 1. The van der Waals surface area contributed by atoms with Gasteiger partial charge in [0, 0.05) is 18.0 Å². The maximum atomic E-state index is 5.86. The number of nitrogens with two attached hydrogens (primary N) is 1. The van der Waals surface area contributed by atoms with E-state index in [9.17, 15) is 0 Å². The summed E-state index contributed by atoms with van der Waals surface area (Å²) in [6.45, 7) is 1.97. The molecule has 3 heterocycles. The third-order valence-corrected chi connectivity index (χ3v) is 3.58. The van der Waals surface area contributed by atoms with Crippen LogP contribution in [0, 0.1) is 6.92 Å². The quantitative estimate of drug-likeness (QED) is 0.795. The summed E-state index contributed by atoms with van der Waals surface area (Å²) in [7, 11) is 0. The highest BCUT2D eigenvalue weighted by Gasteiger charge is 2.40. The van der Waals surface area contributed by atoms with Crippen molar-refractivity contribution in [3.05, 3.63) is 17.8 Å². The smallest absolute Gasteiger partial charge is 0.128 e. The van der Waals surface area contributed by atoms with E-state index in [2.05, 4.69) is 10.3 Å². The van der Waals surface area contributed by atoms with Crippen LogP contribution in [-0.4, -0.2) is 23.2 Å². The summed E-state index contributed by atoms with van der Waals surface area (Å²) in [5.41, 5.74) is 7.68. The van der Waals surface area contributed by atoms with Gasteiger partial charge in [0.05, 0.1) is 18.2 Å². The second-order valence-electron chi connectivity index (χ2n) is 4.79. The molecule has 16 heavy (non-hydrogen) atoms. The van der Waals surface area contributed by atoms with Crippen molar-refractivity contribution in [2.24, 2.45) is 0 Å². The molecule has 0 aromatic carbocycles. The molecular formula is C12H17N3O. The van der Waals surface area contributed by atoms with Gasteiger partial charge in [0.15, 0.2) is 0 Å². The maximum absolute atomic E-state index is 5.86. The third kappa shape index (κ3) is 1.63. The number of hydrogen-bond donors (Lipinski definition) is 2. The molecule has 86 valence electrons. The SMILES string of the molecule is Cc1cnc(NC2CC3CCC2O3)cc1N. The second-order valence-corrected chi connectivity index (χ2v) is 4.79. The number of fused-ring (bicyclic) bond motifs is 2. The zero-order valence-corrected chi connectivity index (χ0v) is 9.44. The first kappa shape index (κ1) is 9.90. The summed E-state index contributed by atoms with van der Waals surface area (Å²) in [4.78, 5) is 4.34. The fourth-order valence-electron chi connectivity index (χ4n) is 2.60. The molecule has 1 aromatic rings. The van der Waals surface area contributed by atoms with E-state index in [-0.39, 0.29) is 0 Å². The van der Waals surface area contributed by atoms with Gasteiger partial charge in [-0.15, -0.1) is 0 Å². The fraction of sp³-hybridized carbons (Fsp3) is 0.583. The van der Waals surface area contributed by atoms with E-state index >= 15 is 0 Å². The summed E-state index contributed by atoms with van der Waals surface area (Å²) >= 11 is 0. The standard InChI is InChI=1S/C12H17N3O/c1-7-6-14-12(5-9(7)13)15-10-4-8-2-3-11(10)16-8/h5-6,8,10-11H,2-4H2,1H3,(H3,13,14,15). The van der Waals surface area contributed by atoms with Gasteiger partial charge in [0.2, 0.25) is 0 Å². The van der Waals surface area contributed by atoms with E-state index in [1.165, 1.54) is 12.8 Å². The Kier molecular flexibility index (Phi) is 2.24. The van der Waals surface area contributed by atoms with Crippen LogP contribution in [0.4, 0.5) is 11.5 Å². The number of nitrogens with one attached hydrogen (secondary N) is 1. The minimum absolute atomic E-state index is 0.370. The minimum atomic E-state index is 0.370. The minimum Gasteiger partial charge on any atom is -0.398 e. The van der Waals surface area contributed by atoms with Crippen LogP contribution in [-0.2, 0) is 4.74 Å². The van der Waals surface area contributed by atoms with Crippen LogP contribution in [0.1, 0.15) is 24.8 Å². The van der Waals surface area contributed by atoms with Crippen molar-refractivity contribution in [1.29, 1.82) is 0 Å². The number of nitrogen functional groups attached to an aromatic ring is 1. The first-order chi connectivity index (χ1) is 7.72. The molecule has 0 spiro atoms. The van der Waals surface area contributed by atoms with Crippen molar-refractivity contribution in [2.75, 3.05) is 11.1 Å². The number of pyridine rings is 1. The monoisotopic (exact) mass is 219 g/mol. The largest absolute Gasteiger partial charge is 0.398 e. The Balaban J connectivity index is 1.72. The molecule has 4 heteroatoms. The van der Waals surface area contributed by atoms with Gasteiger partial charge in [0.1, 0.15) is 5.82 Å². The van der Waals surface area contributed by atoms with Crippen molar-refractivity contribution >= 4 is 11.5 Å². The average Bonchev–Trinajstić information content (AvgIpc) is 2.85. The molecule has 3 N–H and O–H groups in total. The van der Waals surface area contributed by atoms with Gasteiger partial charge >= 0.3 is 0 Å². The molecular weight excluding hydrogens is 202 g/mol. The number of ether oxygens (including phenoxy) is 1. The Bertz CT molecular complexity index is 407. The molecule has 2 fully saturated rings. The lowest BCUT2D eigenvalue weighted by Gasteiger charge is -2.20. The van der Waals surface area contributed by atoms with Crippen molar-refractivity contribution in [3.63, 3.8) is 0 Å². The van der Waals surface area contributed by atoms with Gasteiger partial charge < -0.3 is 15.8 Å². The molecule has 2 bridgehead atoms. The Morgan fingerprint density at radius 2 is 2.38 bits per heavy atom. The highest BCUT2D eigenvalue weighted by atomic mass is 16.5. The Morgan fingerprint density at radius 3 is 3.00 bits per heavy atom. The summed E-state index contributed by atoms with van der Waals surface area (Å²) in [5.74, 6) is 0.865. The second kappa shape index (κ2) is 3.63. The lowest BCUT2D eigenvalue weighted by atomic mass is 9.95. The topological polar surface area (TPSA) is 60.2 Å². The summed E-state index contributed by atoms with van der Waals surface area (Å²) in [6, 6.07) is 2.31. The van der Waals surface area contributed by atoms with Crippen LogP contribution >= 0.6 is 0 Å². The molecule has 0 aliphatic carbocycles. The predicted molar refractivity (Wildman–Crippen MR) is 63.3 cm³/mol. The van der Waals surface area contributed by atoms with Gasteiger partial charge in [-0.05, 0) is 31.7 Å². The van der Waals surface area contributed by atoms with Gasteiger partial charge in [-0.25, -0.2) is 4.98 Å². The molecule has 3 atom stereocenters. The van der Waals surface area contributed by atoms with Crippen LogP contribution in [0.2, 0.25) is 0 Å². The summed E-state index contributed by atoms with van der Waals surface area (Å²) in [6.07, 6.45) is 6.13. The maximum Gasteiger partial charge on any atom is 0.128 e. The highest BCUT2D eigenvalue weighted by molar-refractivity contribution is 5.53. The Morgan fingerprint density at radius 1 is 1.50 bits per heavy atom.